The largest absolute Gasteiger partial charge is 0.508 e. The second kappa shape index (κ2) is 9.55. The summed E-state index contributed by atoms with van der Waals surface area (Å²) >= 11 is 0. The highest BCUT2D eigenvalue weighted by Crippen LogP contribution is 2.22. The molecule has 6 heteroatoms. The van der Waals surface area contributed by atoms with Gasteiger partial charge in [-0.3, -0.25) is 0 Å². The fourth-order valence-electron chi connectivity index (χ4n) is 2.95. The maximum absolute atomic E-state index is 12.0. The normalized spacial score (nSPS) is 13.5. The number of phenolic OH excluding ortho intramolecular Hbond substituents is 1. The van der Waals surface area contributed by atoms with E-state index in [4.69, 9.17) is 8.85 Å². The SMILES string of the molecule is C[C@H](CCCCC[Si](C)(C)O[Si](C)(C)C)OC(=O)c1ccc(O)cc1. The molecule has 142 valence electrons. The first-order valence-corrected chi connectivity index (χ1v) is 15.7. The van der Waals surface area contributed by atoms with Gasteiger partial charge in [0.15, 0.2) is 16.6 Å². The van der Waals surface area contributed by atoms with Gasteiger partial charge in [0.1, 0.15) is 5.75 Å². The van der Waals surface area contributed by atoms with E-state index in [0.29, 0.717) is 5.56 Å². The molecule has 0 radical (unpaired) electrons. The Morgan fingerprint density at radius 1 is 1.04 bits per heavy atom. The van der Waals surface area contributed by atoms with Crippen LogP contribution in [0, 0.1) is 0 Å². The van der Waals surface area contributed by atoms with Gasteiger partial charge in [-0.2, -0.15) is 0 Å². The quantitative estimate of drug-likeness (QED) is 0.327. The first kappa shape index (κ1) is 21.9. The number of rotatable bonds is 10. The fourth-order valence-corrected chi connectivity index (χ4v) is 11.1. The Labute approximate surface area is 154 Å². The molecule has 1 aromatic rings. The molecule has 4 nitrogen and oxygen atoms in total. The van der Waals surface area contributed by atoms with Gasteiger partial charge in [-0.05, 0) is 82.8 Å². The molecule has 0 unspecified atom stereocenters. The molecule has 0 saturated heterocycles. The Hall–Kier alpha value is -1.12. The first-order chi connectivity index (χ1) is 11.5. The molecule has 0 aliphatic rings. The molecule has 0 fully saturated rings. The van der Waals surface area contributed by atoms with Crippen molar-refractivity contribution in [2.24, 2.45) is 0 Å². The molecule has 25 heavy (non-hydrogen) atoms. The zero-order valence-corrected chi connectivity index (χ0v) is 18.6. The number of hydrogen-bond acceptors (Lipinski definition) is 4. The minimum absolute atomic E-state index is 0.0928. The highest BCUT2D eigenvalue weighted by atomic mass is 28.4. The highest BCUT2D eigenvalue weighted by molar-refractivity contribution is 6.84. The molecule has 1 N–H and O–H groups in total. The summed E-state index contributed by atoms with van der Waals surface area (Å²) in [6.07, 6.45) is 4.17. The summed E-state index contributed by atoms with van der Waals surface area (Å²) in [6, 6.07) is 7.34. The van der Waals surface area contributed by atoms with Crippen molar-refractivity contribution in [3.05, 3.63) is 29.8 Å². The van der Waals surface area contributed by atoms with Crippen LogP contribution in [0.25, 0.3) is 0 Å². The average Bonchev–Trinajstić information content (AvgIpc) is 2.44. The summed E-state index contributed by atoms with van der Waals surface area (Å²) in [4.78, 5) is 12.0. The van der Waals surface area contributed by atoms with Crippen molar-refractivity contribution in [2.45, 2.75) is 77.5 Å². The van der Waals surface area contributed by atoms with Crippen LogP contribution < -0.4 is 0 Å². The summed E-state index contributed by atoms with van der Waals surface area (Å²) in [5.74, 6) is -0.182. The molecular weight excluding hydrogens is 348 g/mol. The van der Waals surface area contributed by atoms with Gasteiger partial charge in [0.05, 0.1) is 11.7 Å². The lowest BCUT2D eigenvalue weighted by atomic mass is 10.1. The number of benzene rings is 1. The van der Waals surface area contributed by atoms with Crippen molar-refractivity contribution in [1.82, 2.24) is 0 Å². The average molecular weight is 383 g/mol. The Morgan fingerprint density at radius 2 is 1.64 bits per heavy atom. The second-order valence-electron chi connectivity index (χ2n) is 8.34. The third-order valence-electron chi connectivity index (χ3n) is 3.88. The highest BCUT2D eigenvalue weighted by Gasteiger charge is 2.28. The first-order valence-electron chi connectivity index (χ1n) is 9.19. The number of esters is 1. The van der Waals surface area contributed by atoms with Crippen LogP contribution in [-0.4, -0.2) is 33.8 Å². The van der Waals surface area contributed by atoms with E-state index in [0.717, 1.165) is 19.3 Å². The molecule has 1 aromatic carbocycles. The zero-order valence-electron chi connectivity index (χ0n) is 16.6. The number of hydrogen-bond donors (Lipinski definition) is 1. The van der Waals surface area contributed by atoms with Crippen LogP contribution in [-0.2, 0) is 8.85 Å². The van der Waals surface area contributed by atoms with Crippen LogP contribution in [0.5, 0.6) is 5.75 Å². The lowest BCUT2D eigenvalue weighted by molar-refractivity contribution is 0.0319. The molecule has 0 aromatic heterocycles. The Balaban J connectivity index is 2.23. The summed E-state index contributed by atoms with van der Waals surface area (Å²) in [5, 5.41) is 9.25. The summed E-state index contributed by atoms with van der Waals surface area (Å²) in [6.45, 7) is 13.3. The van der Waals surface area contributed by atoms with Gasteiger partial charge in [0.2, 0.25) is 0 Å². The second-order valence-corrected chi connectivity index (χ2v) is 17.4. The van der Waals surface area contributed by atoms with Crippen molar-refractivity contribution in [3.8, 4) is 5.75 Å². The smallest absolute Gasteiger partial charge is 0.338 e. The molecule has 0 bridgehead atoms. The molecular formula is C19H34O4Si2. The van der Waals surface area contributed by atoms with Crippen LogP contribution in [0.2, 0.25) is 38.8 Å². The lowest BCUT2D eigenvalue weighted by Gasteiger charge is -2.31. The van der Waals surface area contributed by atoms with Crippen LogP contribution in [0.1, 0.15) is 43.0 Å². The van der Waals surface area contributed by atoms with Crippen molar-refractivity contribution in [1.29, 1.82) is 0 Å². The van der Waals surface area contributed by atoms with Crippen molar-refractivity contribution in [2.75, 3.05) is 0 Å². The molecule has 0 heterocycles. The van der Waals surface area contributed by atoms with Crippen molar-refractivity contribution >= 4 is 22.6 Å². The van der Waals surface area contributed by atoms with Crippen LogP contribution in [0.15, 0.2) is 24.3 Å². The van der Waals surface area contributed by atoms with E-state index in [-0.39, 0.29) is 17.8 Å². The van der Waals surface area contributed by atoms with Crippen LogP contribution >= 0.6 is 0 Å². The van der Waals surface area contributed by atoms with Crippen molar-refractivity contribution < 1.29 is 18.8 Å². The Morgan fingerprint density at radius 3 is 2.20 bits per heavy atom. The number of carbonyl (C=O) groups excluding carboxylic acids is 1. The third kappa shape index (κ3) is 9.82. The number of aromatic hydroxyl groups is 1. The number of phenols is 1. The summed E-state index contributed by atoms with van der Waals surface area (Å²) < 4.78 is 11.8. The Bertz CT molecular complexity index is 535. The summed E-state index contributed by atoms with van der Waals surface area (Å²) in [7, 11) is -2.98. The molecule has 0 amide bonds. The van der Waals surface area contributed by atoms with Gasteiger partial charge in [-0.15, -0.1) is 0 Å². The Kier molecular flexibility index (Phi) is 8.37. The molecule has 0 saturated carbocycles. The molecule has 1 atom stereocenters. The topological polar surface area (TPSA) is 55.8 Å². The van der Waals surface area contributed by atoms with Gasteiger partial charge in [-0.1, -0.05) is 12.8 Å². The van der Waals surface area contributed by atoms with Gasteiger partial charge >= 0.3 is 5.97 Å². The van der Waals surface area contributed by atoms with E-state index < -0.39 is 16.6 Å². The molecule has 0 aliphatic carbocycles. The van der Waals surface area contributed by atoms with E-state index in [2.05, 4.69) is 32.7 Å². The zero-order chi connectivity index (χ0) is 19.1. The van der Waals surface area contributed by atoms with E-state index in [9.17, 15) is 9.90 Å². The van der Waals surface area contributed by atoms with E-state index >= 15 is 0 Å². The van der Waals surface area contributed by atoms with Gasteiger partial charge in [0, 0.05) is 0 Å². The van der Waals surface area contributed by atoms with Gasteiger partial charge < -0.3 is 14.0 Å². The van der Waals surface area contributed by atoms with Gasteiger partial charge in [-0.25, -0.2) is 4.79 Å². The third-order valence-corrected chi connectivity index (χ3v) is 10.1. The fraction of sp³-hybridized carbons (Fsp3) is 0.632. The number of carbonyl (C=O) groups is 1. The van der Waals surface area contributed by atoms with Crippen LogP contribution in [0.4, 0.5) is 0 Å². The van der Waals surface area contributed by atoms with E-state index in [1.54, 1.807) is 12.1 Å². The number of unbranched alkanes of at least 4 members (excludes halogenated alkanes) is 2. The van der Waals surface area contributed by atoms with Crippen molar-refractivity contribution in [3.63, 3.8) is 0 Å². The molecule has 1 rings (SSSR count). The summed E-state index contributed by atoms with van der Waals surface area (Å²) in [5.41, 5.74) is 0.473. The van der Waals surface area contributed by atoms with Gasteiger partial charge in [0.25, 0.3) is 0 Å². The van der Waals surface area contributed by atoms with E-state index in [1.165, 1.54) is 24.6 Å². The van der Waals surface area contributed by atoms with Crippen LogP contribution in [0.3, 0.4) is 0 Å². The molecule has 0 aliphatic heterocycles. The van der Waals surface area contributed by atoms with E-state index in [1.807, 2.05) is 6.92 Å². The predicted molar refractivity (Wildman–Crippen MR) is 108 cm³/mol. The maximum atomic E-state index is 12.0. The lowest BCUT2D eigenvalue weighted by Crippen LogP contribution is -2.42. The monoisotopic (exact) mass is 382 g/mol. The molecule has 0 spiro atoms. The maximum Gasteiger partial charge on any atom is 0.338 e. The number of ether oxygens (including phenoxy) is 1. The minimum atomic E-state index is -1.53. The predicted octanol–water partition coefficient (Wildman–Crippen LogP) is 5.55. The minimum Gasteiger partial charge on any atom is -0.508 e. The standard InChI is InChI=1S/C19H34O4Si2/c1-16(22-19(21)17-11-13-18(20)14-12-17)10-8-7-9-15-25(5,6)23-24(2,3)4/h11-14,16,20H,7-10,15H2,1-6H3/t16-/m1/s1.